The van der Waals surface area contributed by atoms with Crippen LogP contribution < -0.4 is 0 Å². The average Bonchev–Trinajstić information content (AvgIpc) is 3.28. The van der Waals surface area contributed by atoms with Crippen molar-refractivity contribution in [2.45, 2.75) is 32.6 Å². The first-order chi connectivity index (χ1) is 16.0. The van der Waals surface area contributed by atoms with E-state index in [4.69, 9.17) is 0 Å². The molecule has 34 heavy (non-hydrogen) atoms. The predicted molar refractivity (Wildman–Crippen MR) is 123 cm³/mol. The number of carbonyl (C=O) groups is 1. The van der Waals surface area contributed by atoms with Crippen LogP contribution in [0.15, 0.2) is 36.4 Å². The lowest BCUT2D eigenvalue weighted by atomic mass is 9.83. The fourth-order valence-electron chi connectivity index (χ4n) is 4.20. The van der Waals surface area contributed by atoms with Crippen molar-refractivity contribution < 1.29 is 28.2 Å². The summed E-state index contributed by atoms with van der Waals surface area (Å²) in [5.41, 5.74) is 0.765. The topological polar surface area (TPSA) is 86.2 Å². The molecular weight excluding hydrogens is 465 g/mol. The molecule has 0 spiro atoms. The number of nitrogens with zero attached hydrogens (tertiary/aromatic N) is 2. The highest BCUT2D eigenvalue weighted by atomic mass is 32.1. The molecule has 0 radical (unpaired) electrons. The van der Waals surface area contributed by atoms with Crippen molar-refractivity contribution in [1.29, 1.82) is 5.26 Å². The Hall–Kier alpha value is -3.77. The van der Waals surface area contributed by atoms with E-state index in [0.29, 0.717) is 28.3 Å². The number of phenolic OH excluding ortho intramolecular Hbond substituents is 1. The third-order valence-corrected chi connectivity index (χ3v) is 6.82. The number of aromatic nitrogens is 1. The number of aromatic carboxylic acids is 1. The average molecular weight is 484 g/mol. The third-order valence-electron chi connectivity index (χ3n) is 5.70. The van der Waals surface area contributed by atoms with Gasteiger partial charge < -0.3 is 14.8 Å². The van der Waals surface area contributed by atoms with E-state index in [9.17, 15) is 33.4 Å². The number of thiophene rings is 1. The van der Waals surface area contributed by atoms with Crippen molar-refractivity contribution in [3.63, 3.8) is 0 Å². The number of hydrogen-bond acceptors (Lipinski definition) is 4. The van der Waals surface area contributed by atoms with Crippen molar-refractivity contribution >= 4 is 28.2 Å². The normalized spacial score (nSPS) is 11.7. The summed E-state index contributed by atoms with van der Waals surface area (Å²) in [6, 6.07) is 9.55. The van der Waals surface area contributed by atoms with Crippen LogP contribution >= 0.6 is 11.3 Å². The zero-order chi connectivity index (χ0) is 24.9. The summed E-state index contributed by atoms with van der Waals surface area (Å²) in [6.07, 6.45) is -0.000607. The highest BCUT2D eigenvalue weighted by molar-refractivity contribution is 7.17. The number of rotatable bonds is 5. The van der Waals surface area contributed by atoms with Crippen LogP contribution in [0, 0.1) is 35.7 Å². The molecule has 2 heterocycles. The molecule has 9 heteroatoms. The van der Waals surface area contributed by atoms with Crippen LogP contribution in [0.3, 0.4) is 0 Å². The maximum absolute atomic E-state index is 14.5. The minimum absolute atomic E-state index is 0.000607. The van der Waals surface area contributed by atoms with Crippen LogP contribution in [0.4, 0.5) is 13.2 Å². The highest BCUT2D eigenvalue weighted by Crippen LogP contribution is 2.49. The van der Waals surface area contributed by atoms with E-state index in [2.05, 4.69) is 6.07 Å². The summed E-state index contributed by atoms with van der Waals surface area (Å²) >= 11 is 0.675. The minimum atomic E-state index is -1.44. The van der Waals surface area contributed by atoms with E-state index in [1.807, 2.05) is 0 Å². The SMILES string of the molecule is Cc1cc(-n2c(C(C)(C)CC#N)c(-c3cc(F)c(C(=O)O)s3)c3c(O)cc(F)cc32)ccc1F. The Bertz CT molecular complexity index is 1510. The standard InChI is InChI=1S/C25H19F3N2O3S/c1-12-8-14(4-5-15(12)27)30-17-9-13(26)10-18(31)20(17)21(23(30)25(2,3)6-7-29)19-11-16(28)22(34-19)24(32)33/h4-5,8-11,31H,6H2,1-3H3,(H,32,33). The molecule has 5 nitrogen and oxygen atoms in total. The molecule has 0 unspecified atom stereocenters. The lowest BCUT2D eigenvalue weighted by Crippen LogP contribution is -2.21. The maximum atomic E-state index is 14.5. The van der Waals surface area contributed by atoms with Gasteiger partial charge in [0.05, 0.1) is 17.0 Å². The summed E-state index contributed by atoms with van der Waals surface area (Å²) in [5, 5.41) is 29.8. The van der Waals surface area contributed by atoms with Gasteiger partial charge in [0.2, 0.25) is 0 Å². The molecule has 4 aromatic rings. The number of aryl methyl sites for hydroxylation is 1. The molecule has 2 aromatic heterocycles. The van der Waals surface area contributed by atoms with Crippen LogP contribution in [0.1, 0.15) is 41.2 Å². The van der Waals surface area contributed by atoms with Crippen molar-refractivity contribution in [1.82, 2.24) is 4.57 Å². The number of halogens is 3. The van der Waals surface area contributed by atoms with Crippen LogP contribution in [0.25, 0.3) is 27.0 Å². The van der Waals surface area contributed by atoms with Gasteiger partial charge in [-0.25, -0.2) is 18.0 Å². The van der Waals surface area contributed by atoms with Gasteiger partial charge in [0.15, 0.2) is 0 Å². The number of benzene rings is 2. The van der Waals surface area contributed by atoms with Crippen molar-refractivity contribution in [2.24, 2.45) is 0 Å². The van der Waals surface area contributed by atoms with Crippen LogP contribution in [-0.2, 0) is 5.41 Å². The summed E-state index contributed by atoms with van der Waals surface area (Å²) in [6.45, 7) is 5.09. The molecule has 0 saturated carbocycles. The summed E-state index contributed by atoms with van der Waals surface area (Å²) < 4.78 is 44.7. The van der Waals surface area contributed by atoms with Gasteiger partial charge in [0.1, 0.15) is 28.1 Å². The van der Waals surface area contributed by atoms with Gasteiger partial charge in [-0.15, -0.1) is 11.3 Å². The first-order valence-corrected chi connectivity index (χ1v) is 11.0. The van der Waals surface area contributed by atoms with Crippen molar-refractivity contribution in [3.8, 4) is 27.9 Å². The Morgan fingerprint density at radius 1 is 1.15 bits per heavy atom. The van der Waals surface area contributed by atoms with Gasteiger partial charge >= 0.3 is 5.97 Å². The zero-order valence-electron chi connectivity index (χ0n) is 18.4. The number of hydrogen-bond donors (Lipinski definition) is 2. The van der Waals surface area contributed by atoms with Gasteiger partial charge in [-0.2, -0.15) is 5.26 Å². The largest absolute Gasteiger partial charge is 0.507 e. The Morgan fingerprint density at radius 3 is 2.44 bits per heavy atom. The second-order valence-corrected chi connectivity index (χ2v) is 9.68. The molecule has 0 fully saturated rings. The zero-order valence-corrected chi connectivity index (χ0v) is 19.2. The monoisotopic (exact) mass is 484 g/mol. The second-order valence-electron chi connectivity index (χ2n) is 8.62. The Kier molecular flexibility index (Phi) is 5.66. The lowest BCUT2D eigenvalue weighted by molar-refractivity contribution is 0.0697. The van der Waals surface area contributed by atoms with Gasteiger partial charge in [-0.1, -0.05) is 13.8 Å². The van der Waals surface area contributed by atoms with Crippen LogP contribution in [-0.4, -0.2) is 20.7 Å². The van der Waals surface area contributed by atoms with Gasteiger partial charge in [-0.3, -0.25) is 0 Å². The predicted octanol–water partition coefficient (Wildman–Crippen LogP) is 6.68. The van der Waals surface area contributed by atoms with Crippen molar-refractivity contribution in [2.75, 3.05) is 0 Å². The van der Waals surface area contributed by atoms with Gasteiger partial charge in [0.25, 0.3) is 0 Å². The number of phenols is 1. The summed E-state index contributed by atoms with van der Waals surface area (Å²) in [5.74, 6) is -4.00. The number of aromatic hydroxyl groups is 1. The molecule has 0 aliphatic rings. The van der Waals surface area contributed by atoms with E-state index in [1.165, 1.54) is 18.2 Å². The summed E-state index contributed by atoms with van der Waals surface area (Å²) in [4.78, 5) is 11.2. The minimum Gasteiger partial charge on any atom is -0.507 e. The number of fused-ring (bicyclic) bond motifs is 1. The fourth-order valence-corrected chi connectivity index (χ4v) is 5.12. The van der Waals surface area contributed by atoms with Gasteiger partial charge in [0, 0.05) is 39.7 Å². The molecular formula is C25H19F3N2O3S. The molecule has 0 atom stereocenters. The fraction of sp³-hybridized carbons (Fsp3) is 0.200. The van der Waals surface area contributed by atoms with Crippen molar-refractivity contribution in [3.05, 3.63) is 70.0 Å². The molecule has 174 valence electrons. The number of carboxylic acid groups (broad SMARTS) is 1. The van der Waals surface area contributed by atoms with E-state index in [-0.39, 0.29) is 27.8 Å². The summed E-state index contributed by atoms with van der Waals surface area (Å²) in [7, 11) is 0. The lowest BCUT2D eigenvalue weighted by Gasteiger charge is -2.26. The molecule has 0 bridgehead atoms. The van der Waals surface area contributed by atoms with Gasteiger partial charge in [-0.05, 0) is 42.8 Å². The van der Waals surface area contributed by atoms with E-state index >= 15 is 0 Å². The highest BCUT2D eigenvalue weighted by Gasteiger charge is 2.34. The Morgan fingerprint density at radius 2 is 1.85 bits per heavy atom. The molecule has 2 aromatic carbocycles. The van der Waals surface area contributed by atoms with Crippen LogP contribution in [0.5, 0.6) is 5.75 Å². The molecule has 4 rings (SSSR count). The molecule has 0 saturated heterocycles. The number of carboxylic acids is 1. The van der Waals surface area contributed by atoms with Crippen LogP contribution in [0.2, 0.25) is 0 Å². The first-order valence-electron chi connectivity index (χ1n) is 10.2. The Balaban J connectivity index is 2.25. The quantitative estimate of drug-likeness (QED) is 0.331. The molecule has 0 aliphatic carbocycles. The smallest absolute Gasteiger partial charge is 0.348 e. The third kappa shape index (κ3) is 3.70. The molecule has 2 N–H and O–H groups in total. The number of nitriles is 1. The Labute approximate surface area is 196 Å². The first kappa shape index (κ1) is 23.4. The van der Waals surface area contributed by atoms with E-state index in [1.54, 1.807) is 31.4 Å². The second kappa shape index (κ2) is 8.22. The molecule has 0 amide bonds. The van der Waals surface area contributed by atoms with E-state index in [0.717, 1.165) is 12.1 Å². The molecule has 0 aliphatic heterocycles. The maximum Gasteiger partial charge on any atom is 0.348 e. The van der Waals surface area contributed by atoms with E-state index < -0.39 is 39.5 Å².